The number of benzene rings is 1. The predicted octanol–water partition coefficient (Wildman–Crippen LogP) is 3.41. The number of nitrogens with zero attached hydrogens (tertiary/aromatic N) is 2. The number of piperidine rings is 1. The molecule has 0 aliphatic carbocycles. The Morgan fingerprint density at radius 2 is 1.96 bits per heavy atom. The van der Waals surface area contributed by atoms with E-state index in [4.69, 9.17) is 4.74 Å². The van der Waals surface area contributed by atoms with Crippen LogP contribution >= 0.6 is 0 Å². The summed E-state index contributed by atoms with van der Waals surface area (Å²) in [5, 5.41) is 3.73. The van der Waals surface area contributed by atoms with E-state index in [9.17, 15) is 0 Å². The summed E-state index contributed by atoms with van der Waals surface area (Å²) in [6.45, 7) is 8.33. The highest BCUT2D eigenvalue weighted by molar-refractivity contribution is 5.27. The zero-order chi connectivity index (χ0) is 17.5. The van der Waals surface area contributed by atoms with E-state index in [1.54, 1.807) is 0 Å². The Morgan fingerprint density at radius 1 is 1.20 bits per heavy atom. The summed E-state index contributed by atoms with van der Waals surface area (Å²) < 4.78 is 5.91. The van der Waals surface area contributed by atoms with Crippen molar-refractivity contribution in [1.29, 1.82) is 0 Å². The molecule has 0 saturated carbocycles. The van der Waals surface area contributed by atoms with Crippen LogP contribution in [-0.4, -0.2) is 41.7 Å². The first-order valence-electron chi connectivity index (χ1n) is 9.26. The fraction of sp³-hybridized carbons (Fsp3) is 0.476. The Labute approximate surface area is 151 Å². The molecule has 2 heterocycles. The molecule has 0 spiro atoms. The van der Waals surface area contributed by atoms with Gasteiger partial charge >= 0.3 is 0 Å². The molecular formula is C21H29N3O. The lowest BCUT2D eigenvalue weighted by Gasteiger charge is -2.34. The Bertz CT molecular complexity index is 639. The van der Waals surface area contributed by atoms with Gasteiger partial charge in [0.25, 0.3) is 0 Å². The third-order valence-electron chi connectivity index (χ3n) is 4.75. The monoisotopic (exact) mass is 339 g/mol. The third kappa shape index (κ3) is 5.83. The molecule has 1 aromatic carbocycles. The van der Waals surface area contributed by atoms with Gasteiger partial charge in [-0.05, 0) is 75.2 Å². The lowest BCUT2D eigenvalue weighted by atomic mass is 10.0. The van der Waals surface area contributed by atoms with Gasteiger partial charge in [0.15, 0.2) is 0 Å². The van der Waals surface area contributed by atoms with Crippen molar-refractivity contribution in [3.63, 3.8) is 0 Å². The molecule has 25 heavy (non-hydrogen) atoms. The topological polar surface area (TPSA) is 37.4 Å². The van der Waals surface area contributed by atoms with Crippen LogP contribution < -0.4 is 10.1 Å². The molecule has 0 bridgehead atoms. The SMILES string of the molecule is Cc1cccc(OC[C@@H](C)NC2CCN(Cc3ccncc3)CC2)c1. The Morgan fingerprint density at radius 3 is 2.68 bits per heavy atom. The van der Waals surface area contributed by atoms with Gasteiger partial charge in [-0.15, -0.1) is 0 Å². The molecule has 1 N–H and O–H groups in total. The number of likely N-dealkylation sites (tertiary alicyclic amines) is 1. The van der Waals surface area contributed by atoms with E-state index in [1.807, 2.05) is 24.5 Å². The van der Waals surface area contributed by atoms with E-state index in [0.717, 1.165) is 25.4 Å². The van der Waals surface area contributed by atoms with Gasteiger partial charge in [0.05, 0.1) is 0 Å². The zero-order valence-corrected chi connectivity index (χ0v) is 15.3. The van der Waals surface area contributed by atoms with Crippen LogP contribution in [0, 0.1) is 6.92 Å². The molecule has 4 nitrogen and oxygen atoms in total. The van der Waals surface area contributed by atoms with Crippen molar-refractivity contribution in [2.75, 3.05) is 19.7 Å². The highest BCUT2D eigenvalue weighted by atomic mass is 16.5. The summed E-state index contributed by atoms with van der Waals surface area (Å²) in [4.78, 5) is 6.62. The van der Waals surface area contributed by atoms with Crippen LogP contribution in [0.5, 0.6) is 5.75 Å². The van der Waals surface area contributed by atoms with E-state index in [0.29, 0.717) is 18.7 Å². The number of nitrogens with one attached hydrogen (secondary N) is 1. The second-order valence-electron chi connectivity index (χ2n) is 7.10. The fourth-order valence-corrected chi connectivity index (χ4v) is 3.38. The molecule has 1 saturated heterocycles. The highest BCUT2D eigenvalue weighted by Crippen LogP contribution is 2.15. The Hall–Kier alpha value is -1.91. The fourth-order valence-electron chi connectivity index (χ4n) is 3.38. The second-order valence-corrected chi connectivity index (χ2v) is 7.10. The van der Waals surface area contributed by atoms with E-state index in [2.05, 4.69) is 53.3 Å². The maximum absolute atomic E-state index is 5.91. The molecule has 134 valence electrons. The minimum absolute atomic E-state index is 0.359. The third-order valence-corrected chi connectivity index (χ3v) is 4.75. The molecule has 2 aromatic rings. The number of aromatic nitrogens is 1. The number of hydrogen-bond donors (Lipinski definition) is 1. The van der Waals surface area contributed by atoms with E-state index in [-0.39, 0.29) is 0 Å². The molecule has 1 atom stereocenters. The van der Waals surface area contributed by atoms with Crippen molar-refractivity contribution < 1.29 is 4.74 Å². The van der Waals surface area contributed by atoms with Crippen molar-refractivity contribution in [3.8, 4) is 5.75 Å². The summed E-state index contributed by atoms with van der Waals surface area (Å²) in [5.74, 6) is 0.959. The second kappa shape index (κ2) is 8.97. The minimum Gasteiger partial charge on any atom is -0.492 e. The maximum atomic E-state index is 5.91. The van der Waals surface area contributed by atoms with E-state index >= 15 is 0 Å². The quantitative estimate of drug-likeness (QED) is 0.839. The first kappa shape index (κ1) is 17.9. The van der Waals surface area contributed by atoms with Crippen LogP contribution in [0.15, 0.2) is 48.8 Å². The molecule has 1 fully saturated rings. The van der Waals surface area contributed by atoms with Gasteiger partial charge < -0.3 is 10.1 Å². The van der Waals surface area contributed by atoms with Gasteiger partial charge in [0.2, 0.25) is 0 Å². The largest absolute Gasteiger partial charge is 0.492 e. The van der Waals surface area contributed by atoms with Gasteiger partial charge in [-0.1, -0.05) is 12.1 Å². The van der Waals surface area contributed by atoms with E-state index < -0.39 is 0 Å². The molecule has 1 aromatic heterocycles. The summed E-state index contributed by atoms with van der Waals surface area (Å²) in [7, 11) is 0. The van der Waals surface area contributed by atoms with E-state index in [1.165, 1.54) is 24.0 Å². The van der Waals surface area contributed by atoms with Gasteiger partial charge in [-0.25, -0.2) is 0 Å². The number of ether oxygens (including phenoxy) is 1. The van der Waals surface area contributed by atoms with Crippen LogP contribution in [-0.2, 0) is 6.54 Å². The molecule has 1 aliphatic rings. The van der Waals surface area contributed by atoms with Gasteiger partial charge in [-0.2, -0.15) is 0 Å². The van der Waals surface area contributed by atoms with Crippen molar-refractivity contribution in [2.24, 2.45) is 0 Å². The predicted molar refractivity (Wildman–Crippen MR) is 102 cm³/mol. The molecule has 0 amide bonds. The smallest absolute Gasteiger partial charge is 0.119 e. The van der Waals surface area contributed by atoms with Crippen molar-refractivity contribution in [1.82, 2.24) is 15.2 Å². The number of rotatable bonds is 7. The minimum atomic E-state index is 0.359. The Kier molecular flexibility index (Phi) is 6.42. The van der Waals surface area contributed by atoms with Gasteiger partial charge in [0.1, 0.15) is 12.4 Å². The van der Waals surface area contributed by atoms with Crippen LogP contribution in [0.2, 0.25) is 0 Å². The number of pyridine rings is 1. The van der Waals surface area contributed by atoms with Crippen LogP contribution in [0.25, 0.3) is 0 Å². The summed E-state index contributed by atoms with van der Waals surface area (Å²) in [5.41, 5.74) is 2.58. The van der Waals surface area contributed by atoms with Crippen LogP contribution in [0.1, 0.15) is 30.9 Å². The first-order valence-corrected chi connectivity index (χ1v) is 9.26. The molecule has 3 rings (SSSR count). The summed E-state index contributed by atoms with van der Waals surface area (Å²) in [6.07, 6.45) is 6.14. The standard InChI is InChI=1S/C21H29N3O/c1-17-4-3-5-21(14-17)25-16-18(2)23-20-8-12-24(13-9-20)15-19-6-10-22-11-7-19/h3-7,10-11,14,18,20,23H,8-9,12-13,15-16H2,1-2H3/t18-/m1/s1. The normalized spacial score (nSPS) is 17.4. The molecule has 1 aliphatic heterocycles. The van der Waals surface area contributed by atoms with Crippen molar-refractivity contribution in [3.05, 3.63) is 59.9 Å². The number of hydrogen-bond acceptors (Lipinski definition) is 4. The van der Waals surface area contributed by atoms with Crippen molar-refractivity contribution >= 4 is 0 Å². The molecule has 0 radical (unpaired) electrons. The van der Waals surface area contributed by atoms with Crippen LogP contribution in [0.4, 0.5) is 0 Å². The summed E-state index contributed by atoms with van der Waals surface area (Å²) >= 11 is 0. The summed E-state index contributed by atoms with van der Waals surface area (Å²) in [6, 6.07) is 13.4. The van der Waals surface area contributed by atoms with Crippen LogP contribution in [0.3, 0.4) is 0 Å². The molecular weight excluding hydrogens is 310 g/mol. The van der Waals surface area contributed by atoms with Gasteiger partial charge in [0, 0.05) is 31.0 Å². The zero-order valence-electron chi connectivity index (χ0n) is 15.3. The number of aryl methyl sites for hydroxylation is 1. The average Bonchev–Trinajstić information content (AvgIpc) is 2.63. The highest BCUT2D eigenvalue weighted by Gasteiger charge is 2.20. The van der Waals surface area contributed by atoms with Crippen molar-refractivity contribution in [2.45, 2.75) is 45.3 Å². The molecule has 0 unspecified atom stereocenters. The lowest BCUT2D eigenvalue weighted by molar-refractivity contribution is 0.174. The Balaban J connectivity index is 1.37. The van der Waals surface area contributed by atoms with Gasteiger partial charge in [-0.3, -0.25) is 9.88 Å². The maximum Gasteiger partial charge on any atom is 0.119 e. The lowest BCUT2D eigenvalue weighted by Crippen LogP contribution is -2.46. The molecule has 4 heteroatoms. The first-order chi connectivity index (χ1) is 12.2. The average molecular weight is 339 g/mol.